The number of nitrogens with zero attached hydrogens (tertiary/aromatic N) is 2. The van der Waals surface area contributed by atoms with Gasteiger partial charge in [-0.25, -0.2) is 0 Å². The molecule has 0 atom stereocenters. The number of amides is 1. The average Bonchev–Trinajstić information content (AvgIpc) is 2.95. The molecule has 1 aliphatic rings. The van der Waals surface area contributed by atoms with E-state index in [4.69, 9.17) is 17.0 Å². The van der Waals surface area contributed by atoms with Crippen molar-refractivity contribution in [2.24, 2.45) is 5.10 Å². The van der Waals surface area contributed by atoms with Crippen molar-refractivity contribution in [1.29, 1.82) is 0 Å². The molecule has 0 spiro atoms. The summed E-state index contributed by atoms with van der Waals surface area (Å²) in [5, 5.41) is 7.00. The molecule has 0 aromatic heterocycles. The molecule has 0 saturated heterocycles. The first-order valence-electron chi connectivity index (χ1n) is 8.72. The van der Waals surface area contributed by atoms with Crippen LogP contribution in [0.4, 0.5) is 24.5 Å². The van der Waals surface area contributed by atoms with Crippen LogP contribution < -0.4 is 25.1 Å². The average molecular weight is 438 g/mol. The number of benzene rings is 2. The van der Waals surface area contributed by atoms with E-state index in [1.54, 1.807) is 38.3 Å². The van der Waals surface area contributed by atoms with Crippen molar-refractivity contribution in [3.05, 3.63) is 48.0 Å². The lowest BCUT2D eigenvalue weighted by Gasteiger charge is -2.14. The third-order valence-corrected chi connectivity index (χ3v) is 4.32. The Bertz CT molecular complexity index is 994. The summed E-state index contributed by atoms with van der Waals surface area (Å²) in [5.41, 5.74) is 3.78. The van der Waals surface area contributed by atoms with Gasteiger partial charge in [0.25, 0.3) is 5.91 Å². The zero-order valence-electron chi connectivity index (χ0n) is 15.9. The molecule has 0 aliphatic carbocycles. The van der Waals surface area contributed by atoms with Gasteiger partial charge in [-0.05, 0) is 61.6 Å². The number of fused-ring (bicyclic) bond motifs is 1. The molecular weight excluding hydrogens is 421 g/mol. The molecule has 1 aliphatic heterocycles. The highest BCUT2D eigenvalue weighted by atomic mass is 32.1. The molecule has 30 heavy (non-hydrogen) atoms. The molecule has 0 bridgehead atoms. The number of hydrazone groups is 1. The van der Waals surface area contributed by atoms with Gasteiger partial charge in [0.05, 0.1) is 12.8 Å². The molecule has 2 aromatic rings. The first-order valence-corrected chi connectivity index (χ1v) is 9.13. The quantitative estimate of drug-likeness (QED) is 0.548. The molecular formula is C19H17F3N4O3S. The van der Waals surface area contributed by atoms with E-state index < -0.39 is 18.0 Å². The first-order chi connectivity index (χ1) is 14.2. The van der Waals surface area contributed by atoms with Crippen LogP contribution >= 0.6 is 12.2 Å². The summed E-state index contributed by atoms with van der Waals surface area (Å²) in [5.74, 6) is -0.237. The lowest BCUT2D eigenvalue weighted by atomic mass is 10.1. The number of methoxy groups -OCH3 is 1. The summed E-state index contributed by atoms with van der Waals surface area (Å²) < 4.78 is 46.7. The number of likely N-dealkylation sites (N-methyl/N-ethyl adjacent to an activating group) is 1. The van der Waals surface area contributed by atoms with Crippen LogP contribution in [0.3, 0.4) is 0 Å². The molecule has 2 aromatic carbocycles. The third kappa shape index (κ3) is 4.79. The minimum absolute atomic E-state index is 0.0710. The number of halogens is 3. The summed E-state index contributed by atoms with van der Waals surface area (Å²) in [6.07, 6.45) is -4.85. The fourth-order valence-electron chi connectivity index (χ4n) is 2.85. The van der Waals surface area contributed by atoms with Gasteiger partial charge in [-0.15, -0.1) is 13.2 Å². The van der Waals surface area contributed by atoms with Crippen LogP contribution in [-0.2, 0) is 4.79 Å². The summed E-state index contributed by atoms with van der Waals surface area (Å²) in [7, 11) is 1.55. The molecule has 1 amide bonds. The minimum Gasteiger partial charge on any atom is -0.497 e. The summed E-state index contributed by atoms with van der Waals surface area (Å²) in [4.78, 5) is 14.0. The van der Waals surface area contributed by atoms with Crippen molar-refractivity contribution in [3.63, 3.8) is 0 Å². The Labute approximate surface area is 175 Å². The van der Waals surface area contributed by atoms with Crippen LogP contribution in [-0.4, -0.2) is 36.7 Å². The van der Waals surface area contributed by atoms with E-state index in [2.05, 4.69) is 20.6 Å². The molecule has 0 radical (unpaired) electrons. The van der Waals surface area contributed by atoms with Crippen LogP contribution in [0.1, 0.15) is 12.5 Å². The number of ether oxygens (including phenoxy) is 2. The van der Waals surface area contributed by atoms with Crippen LogP contribution in [0.2, 0.25) is 0 Å². The number of hydrogen-bond donors (Lipinski definition) is 2. The second-order valence-electron chi connectivity index (χ2n) is 6.03. The van der Waals surface area contributed by atoms with Crippen LogP contribution in [0.5, 0.6) is 11.5 Å². The Morgan fingerprint density at radius 2 is 1.83 bits per heavy atom. The molecule has 2 N–H and O–H groups in total. The van der Waals surface area contributed by atoms with Crippen molar-refractivity contribution in [3.8, 4) is 11.5 Å². The van der Waals surface area contributed by atoms with E-state index in [1.165, 1.54) is 11.0 Å². The highest BCUT2D eigenvalue weighted by Gasteiger charge is 2.36. The van der Waals surface area contributed by atoms with E-state index in [-0.39, 0.29) is 16.4 Å². The maximum absolute atomic E-state index is 12.6. The topological polar surface area (TPSA) is 75.2 Å². The summed E-state index contributed by atoms with van der Waals surface area (Å²) in [6.45, 7) is 2.06. The number of carbonyl (C=O) groups is 1. The molecule has 7 nitrogen and oxygen atoms in total. The maximum atomic E-state index is 12.6. The Morgan fingerprint density at radius 1 is 1.17 bits per heavy atom. The number of anilines is 2. The van der Waals surface area contributed by atoms with E-state index in [0.717, 1.165) is 12.1 Å². The van der Waals surface area contributed by atoms with Gasteiger partial charge >= 0.3 is 6.36 Å². The van der Waals surface area contributed by atoms with Gasteiger partial charge < -0.3 is 19.7 Å². The fourth-order valence-corrected chi connectivity index (χ4v) is 3.02. The lowest BCUT2D eigenvalue weighted by Crippen LogP contribution is -2.32. The van der Waals surface area contributed by atoms with Gasteiger partial charge in [0.15, 0.2) is 10.8 Å². The van der Waals surface area contributed by atoms with Crippen LogP contribution in [0.15, 0.2) is 47.6 Å². The SMILES string of the molecule is CCN1C(=O)/C(=N\NC(=S)Nc2ccc(OC)cc2)c2cc(OC(F)(F)F)ccc21. The van der Waals surface area contributed by atoms with Gasteiger partial charge in [0, 0.05) is 17.8 Å². The zero-order chi connectivity index (χ0) is 21.9. The Balaban J connectivity index is 1.80. The number of nitrogens with one attached hydrogen (secondary N) is 2. The smallest absolute Gasteiger partial charge is 0.497 e. The van der Waals surface area contributed by atoms with Crippen molar-refractivity contribution in [1.82, 2.24) is 5.43 Å². The van der Waals surface area contributed by atoms with E-state index >= 15 is 0 Å². The normalized spacial score (nSPS) is 14.5. The van der Waals surface area contributed by atoms with Crippen molar-refractivity contribution < 1.29 is 27.4 Å². The second-order valence-corrected chi connectivity index (χ2v) is 6.44. The van der Waals surface area contributed by atoms with Crippen LogP contribution in [0, 0.1) is 0 Å². The molecule has 3 rings (SSSR count). The van der Waals surface area contributed by atoms with E-state index in [1.807, 2.05) is 0 Å². The van der Waals surface area contributed by atoms with Crippen molar-refractivity contribution >= 4 is 40.3 Å². The number of hydrogen-bond acceptors (Lipinski definition) is 5. The highest BCUT2D eigenvalue weighted by Crippen LogP contribution is 2.34. The van der Waals surface area contributed by atoms with Crippen LogP contribution in [0.25, 0.3) is 0 Å². The highest BCUT2D eigenvalue weighted by molar-refractivity contribution is 7.80. The second kappa shape index (κ2) is 8.57. The number of alkyl halides is 3. The molecule has 0 fully saturated rings. The Morgan fingerprint density at radius 3 is 2.43 bits per heavy atom. The first kappa shape index (κ1) is 21.4. The largest absolute Gasteiger partial charge is 0.573 e. The van der Waals surface area contributed by atoms with Gasteiger partial charge in [0.2, 0.25) is 0 Å². The summed E-state index contributed by atoms with van der Waals surface area (Å²) in [6, 6.07) is 10.6. The maximum Gasteiger partial charge on any atom is 0.573 e. The number of carbonyl (C=O) groups excluding carboxylic acids is 1. The third-order valence-electron chi connectivity index (χ3n) is 4.13. The molecule has 0 saturated carbocycles. The lowest BCUT2D eigenvalue weighted by molar-refractivity contribution is -0.274. The van der Waals surface area contributed by atoms with E-state index in [0.29, 0.717) is 23.7 Å². The van der Waals surface area contributed by atoms with Crippen molar-refractivity contribution in [2.75, 3.05) is 23.9 Å². The van der Waals surface area contributed by atoms with Gasteiger partial charge in [-0.1, -0.05) is 0 Å². The number of rotatable bonds is 5. The van der Waals surface area contributed by atoms with Crippen molar-refractivity contribution in [2.45, 2.75) is 13.3 Å². The van der Waals surface area contributed by atoms with Gasteiger partial charge in [-0.2, -0.15) is 5.10 Å². The summed E-state index contributed by atoms with van der Waals surface area (Å²) >= 11 is 5.17. The predicted molar refractivity (Wildman–Crippen MR) is 110 cm³/mol. The van der Waals surface area contributed by atoms with Gasteiger partial charge in [0.1, 0.15) is 11.5 Å². The van der Waals surface area contributed by atoms with Gasteiger partial charge in [-0.3, -0.25) is 10.2 Å². The monoisotopic (exact) mass is 438 g/mol. The fraction of sp³-hybridized carbons (Fsp3) is 0.211. The Kier molecular flexibility index (Phi) is 6.11. The standard InChI is InChI=1S/C19H17F3N4O3S/c1-3-26-15-9-8-13(29-19(20,21)22)10-14(15)16(17(26)27)24-25-18(30)23-11-4-6-12(28-2)7-5-11/h4-10H,3H2,1-2H3,(H2,23,25,30)/b24-16-. The number of thiocarbonyl (C=S) groups is 1. The zero-order valence-corrected chi connectivity index (χ0v) is 16.7. The molecule has 0 unspecified atom stereocenters. The molecule has 1 heterocycles. The predicted octanol–water partition coefficient (Wildman–Crippen LogP) is 3.65. The Hall–Kier alpha value is -3.34. The minimum atomic E-state index is -4.85. The van der Waals surface area contributed by atoms with E-state index in [9.17, 15) is 18.0 Å². The molecule has 158 valence electrons. The molecule has 11 heteroatoms.